The molecule has 0 spiro atoms. The molecule has 5 nitrogen and oxygen atoms in total. The molecule has 0 aliphatic heterocycles. The van der Waals surface area contributed by atoms with Crippen LogP contribution in [0.15, 0.2) is 43.2 Å². The number of amides is 1. The highest BCUT2D eigenvalue weighted by atomic mass is 32.1. The van der Waals surface area contributed by atoms with Gasteiger partial charge in [0.05, 0.1) is 10.7 Å². The molecule has 0 aliphatic rings. The normalized spacial score (nSPS) is 10.0. The van der Waals surface area contributed by atoms with E-state index in [9.17, 15) is 4.79 Å². The maximum Gasteiger partial charge on any atom is 0.263 e. The van der Waals surface area contributed by atoms with E-state index >= 15 is 0 Å². The minimum atomic E-state index is -0.179. The summed E-state index contributed by atoms with van der Waals surface area (Å²) in [5.41, 5.74) is 7.40. The number of aromatic nitrogens is 1. The molecule has 0 bridgehead atoms. The van der Waals surface area contributed by atoms with Crippen molar-refractivity contribution < 1.29 is 4.79 Å². The molecule has 4 N–H and O–H groups in total. The second-order valence-corrected chi connectivity index (χ2v) is 5.16. The van der Waals surface area contributed by atoms with Crippen LogP contribution in [0.2, 0.25) is 0 Å². The Bertz CT molecular complexity index is 594. The monoisotopic (exact) mass is 288 g/mol. The van der Waals surface area contributed by atoms with E-state index in [1.807, 2.05) is 12.1 Å². The molecule has 0 saturated carbocycles. The van der Waals surface area contributed by atoms with Gasteiger partial charge in [0.25, 0.3) is 5.91 Å². The van der Waals surface area contributed by atoms with Gasteiger partial charge in [-0.25, -0.2) is 0 Å². The number of rotatable bonds is 6. The summed E-state index contributed by atoms with van der Waals surface area (Å²) in [6, 6.07) is 5.63. The molecule has 20 heavy (non-hydrogen) atoms. The number of carbonyl (C=O) groups is 1. The van der Waals surface area contributed by atoms with E-state index in [1.165, 1.54) is 11.3 Å². The minimum Gasteiger partial charge on any atom is -0.397 e. The molecule has 1 amide bonds. The summed E-state index contributed by atoms with van der Waals surface area (Å²) in [6.45, 7) is 4.62. The van der Waals surface area contributed by atoms with Gasteiger partial charge in [-0.1, -0.05) is 12.1 Å². The largest absolute Gasteiger partial charge is 0.397 e. The smallest absolute Gasteiger partial charge is 0.263 e. The Balaban J connectivity index is 2.00. The van der Waals surface area contributed by atoms with Crippen LogP contribution in [0.1, 0.15) is 15.2 Å². The van der Waals surface area contributed by atoms with Gasteiger partial charge in [-0.3, -0.25) is 9.78 Å². The molecule has 6 heteroatoms. The van der Waals surface area contributed by atoms with Crippen LogP contribution in [0, 0.1) is 0 Å². The Kier molecular flexibility index (Phi) is 4.73. The molecule has 0 atom stereocenters. The second kappa shape index (κ2) is 6.72. The second-order valence-electron chi connectivity index (χ2n) is 4.11. The molecule has 2 heterocycles. The fourth-order valence-electron chi connectivity index (χ4n) is 1.61. The molecule has 0 saturated heterocycles. The lowest BCUT2D eigenvalue weighted by atomic mass is 10.3. The lowest BCUT2D eigenvalue weighted by molar-refractivity contribution is 0.0963. The van der Waals surface area contributed by atoms with E-state index in [0.29, 0.717) is 23.7 Å². The first-order chi connectivity index (χ1) is 9.70. The number of hydrogen-bond acceptors (Lipinski definition) is 5. The SMILES string of the molecule is C=CCNC(=O)c1sc(NCc2cccnc2)cc1N. The summed E-state index contributed by atoms with van der Waals surface area (Å²) in [7, 11) is 0. The molecule has 0 radical (unpaired) electrons. The number of nitrogens with two attached hydrogens (primary N) is 1. The Labute approximate surface area is 121 Å². The number of pyridine rings is 1. The third-order valence-electron chi connectivity index (χ3n) is 2.56. The van der Waals surface area contributed by atoms with Crippen molar-refractivity contribution in [3.8, 4) is 0 Å². The van der Waals surface area contributed by atoms with Crippen molar-refractivity contribution in [2.45, 2.75) is 6.54 Å². The molecule has 2 aromatic rings. The Morgan fingerprint density at radius 1 is 1.55 bits per heavy atom. The van der Waals surface area contributed by atoms with Crippen LogP contribution in [-0.4, -0.2) is 17.4 Å². The van der Waals surface area contributed by atoms with Crippen LogP contribution in [0.5, 0.6) is 0 Å². The summed E-state index contributed by atoms with van der Waals surface area (Å²) in [6.07, 6.45) is 5.15. The molecule has 0 fully saturated rings. The van der Waals surface area contributed by atoms with Crippen LogP contribution in [0.4, 0.5) is 10.7 Å². The standard InChI is InChI=1S/C14H16N4OS/c1-2-5-17-14(19)13-11(15)7-12(20-13)18-9-10-4-3-6-16-8-10/h2-4,6-8,18H,1,5,9,15H2,(H,17,19). The van der Waals surface area contributed by atoms with Gasteiger partial charge in [-0.15, -0.1) is 17.9 Å². The molecule has 0 aliphatic carbocycles. The fraction of sp³-hybridized carbons (Fsp3) is 0.143. The number of hydrogen-bond donors (Lipinski definition) is 3. The van der Waals surface area contributed by atoms with Crippen LogP contribution in [0.3, 0.4) is 0 Å². The number of carbonyl (C=O) groups excluding carboxylic acids is 1. The van der Waals surface area contributed by atoms with Gasteiger partial charge in [-0.05, 0) is 17.7 Å². The summed E-state index contributed by atoms with van der Waals surface area (Å²) < 4.78 is 0. The zero-order valence-electron chi connectivity index (χ0n) is 10.9. The van der Waals surface area contributed by atoms with Gasteiger partial charge in [0.1, 0.15) is 4.88 Å². The number of thiophene rings is 1. The average Bonchev–Trinajstić information content (AvgIpc) is 2.85. The molecule has 104 valence electrons. The summed E-state index contributed by atoms with van der Waals surface area (Å²) in [4.78, 5) is 16.4. The molecule has 2 rings (SSSR count). The third kappa shape index (κ3) is 3.58. The molecule has 0 aromatic carbocycles. The predicted molar refractivity (Wildman–Crippen MR) is 82.8 cm³/mol. The lowest BCUT2D eigenvalue weighted by Gasteiger charge is -2.02. The van der Waals surface area contributed by atoms with Gasteiger partial charge in [0.15, 0.2) is 0 Å². The van der Waals surface area contributed by atoms with E-state index in [-0.39, 0.29) is 5.91 Å². The first-order valence-electron chi connectivity index (χ1n) is 6.12. The van der Waals surface area contributed by atoms with Gasteiger partial charge >= 0.3 is 0 Å². The van der Waals surface area contributed by atoms with E-state index in [4.69, 9.17) is 5.73 Å². The third-order valence-corrected chi connectivity index (χ3v) is 3.67. The maximum atomic E-state index is 11.8. The number of nitrogens with one attached hydrogen (secondary N) is 2. The highest BCUT2D eigenvalue weighted by molar-refractivity contribution is 7.18. The summed E-state index contributed by atoms with van der Waals surface area (Å²) in [5, 5.41) is 6.80. The van der Waals surface area contributed by atoms with Crippen molar-refractivity contribution in [2.75, 3.05) is 17.6 Å². The highest BCUT2D eigenvalue weighted by Crippen LogP contribution is 2.29. The van der Waals surface area contributed by atoms with Gasteiger partial charge in [0, 0.05) is 25.5 Å². The van der Waals surface area contributed by atoms with Crippen LogP contribution in [-0.2, 0) is 6.54 Å². The topological polar surface area (TPSA) is 80.0 Å². The first kappa shape index (κ1) is 14.1. The minimum absolute atomic E-state index is 0.179. The highest BCUT2D eigenvalue weighted by Gasteiger charge is 2.13. The van der Waals surface area contributed by atoms with E-state index in [2.05, 4.69) is 22.2 Å². The van der Waals surface area contributed by atoms with E-state index < -0.39 is 0 Å². The Morgan fingerprint density at radius 3 is 3.10 bits per heavy atom. The van der Waals surface area contributed by atoms with Gasteiger partial charge < -0.3 is 16.4 Å². The number of nitrogen functional groups attached to an aromatic ring is 1. The molecule has 0 unspecified atom stereocenters. The molecular weight excluding hydrogens is 272 g/mol. The Morgan fingerprint density at radius 2 is 2.40 bits per heavy atom. The van der Waals surface area contributed by atoms with Gasteiger partial charge in [-0.2, -0.15) is 0 Å². The number of nitrogens with zero attached hydrogens (tertiary/aromatic N) is 1. The van der Waals surface area contributed by atoms with Crippen molar-refractivity contribution in [3.05, 3.63) is 53.7 Å². The Hall–Kier alpha value is -2.34. The predicted octanol–water partition coefficient (Wildman–Crippen LogP) is 2.25. The van der Waals surface area contributed by atoms with E-state index in [0.717, 1.165) is 10.6 Å². The summed E-state index contributed by atoms with van der Waals surface area (Å²) >= 11 is 1.33. The van der Waals surface area contributed by atoms with Crippen molar-refractivity contribution in [3.63, 3.8) is 0 Å². The number of anilines is 2. The van der Waals surface area contributed by atoms with E-state index in [1.54, 1.807) is 24.5 Å². The molecular formula is C14H16N4OS. The van der Waals surface area contributed by atoms with Crippen molar-refractivity contribution >= 4 is 27.9 Å². The fourth-order valence-corrected chi connectivity index (χ4v) is 2.50. The maximum absolute atomic E-state index is 11.8. The van der Waals surface area contributed by atoms with Crippen molar-refractivity contribution in [2.24, 2.45) is 0 Å². The molecule has 2 aromatic heterocycles. The van der Waals surface area contributed by atoms with Gasteiger partial charge in [0.2, 0.25) is 0 Å². The van der Waals surface area contributed by atoms with Crippen molar-refractivity contribution in [1.82, 2.24) is 10.3 Å². The lowest BCUT2D eigenvalue weighted by Crippen LogP contribution is -2.22. The zero-order chi connectivity index (χ0) is 14.4. The van der Waals surface area contributed by atoms with Crippen LogP contribution < -0.4 is 16.4 Å². The van der Waals surface area contributed by atoms with Crippen LogP contribution >= 0.6 is 11.3 Å². The zero-order valence-corrected chi connectivity index (χ0v) is 11.7. The van der Waals surface area contributed by atoms with Crippen LogP contribution in [0.25, 0.3) is 0 Å². The summed E-state index contributed by atoms with van der Waals surface area (Å²) in [5.74, 6) is -0.179. The quantitative estimate of drug-likeness (QED) is 0.712. The average molecular weight is 288 g/mol. The first-order valence-corrected chi connectivity index (χ1v) is 6.93. The van der Waals surface area contributed by atoms with Crippen molar-refractivity contribution in [1.29, 1.82) is 0 Å².